The van der Waals surface area contributed by atoms with E-state index in [1.54, 1.807) is 0 Å². The van der Waals surface area contributed by atoms with Crippen LogP contribution in [0.5, 0.6) is 0 Å². The van der Waals surface area contributed by atoms with Gasteiger partial charge in [0.15, 0.2) is 6.10 Å². The lowest BCUT2D eigenvalue weighted by Gasteiger charge is -2.14. The van der Waals surface area contributed by atoms with Crippen LogP contribution in [0.25, 0.3) is 0 Å². The van der Waals surface area contributed by atoms with Gasteiger partial charge in [0.25, 0.3) is 0 Å². The average Bonchev–Trinajstić information content (AvgIpc) is 1.93. The summed E-state index contributed by atoms with van der Waals surface area (Å²) < 4.78 is 56.2. The Morgan fingerprint density at radius 2 is 1.93 bits per heavy atom. The number of nitrogens with one attached hydrogen (secondary N) is 1. The third kappa shape index (κ3) is 7.10. The van der Waals surface area contributed by atoms with Gasteiger partial charge < -0.3 is 10.4 Å². The molecule has 0 radical (unpaired) electrons. The Kier molecular flexibility index (Phi) is 4.82. The van der Waals surface area contributed by atoms with Crippen molar-refractivity contribution < 1.29 is 26.7 Å². The quantitative estimate of drug-likeness (QED) is 0.633. The molecule has 86 valence electrons. The van der Waals surface area contributed by atoms with E-state index in [0.29, 0.717) is 0 Å². The molecule has 0 amide bonds. The summed E-state index contributed by atoms with van der Waals surface area (Å²) in [7, 11) is -3.18. The summed E-state index contributed by atoms with van der Waals surface area (Å²) in [5.41, 5.74) is 0. The lowest BCUT2D eigenvalue weighted by atomic mass is 10.3. The highest BCUT2D eigenvalue weighted by Crippen LogP contribution is 2.18. The van der Waals surface area contributed by atoms with Crippen LogP contribution in [0.4, 0.5) is 13.2 Å². The van der Waals surface area contributed by atoms with Crippen molar-refractivity contribution in [2.45, 2.75) is 12.3 Å². The Hall–Kier alpha value is -0.340. The summed E-state index contributed by atoms with van der Waals surface area (Å²) >= 11 is 0. The van der Waals surface area contributed by atoms with Gasteiger partial charge in [-0.05, 0) is 0 Å². The maximum Gasteiger partial charge on any atom is 0.415 e. The summed E-state index contributed by atoms with van der Waals surface area (Å²) in [4.78, 5) is 0. The monoisotopic (exact) mass is 235 g/mol. The predicted octanol–water partition coefficient (Wildman–Crippen LogP) is -0.456. The first-order valence-electron chi connectivity index (χ1n) is 3.76. The zero-order chi connectivity index (χ0) is 11.4. The van der Waals surface area contributed by atoms with Gasteiger partial charge in [-0.2, -0.15) is 13.2 Å². The minimum Gasteiger partial charge on any atom is -0.382 e. The van der Waals surface area contributed by atoms with Crippen molar-refractivity contribution >= 4 is 9.84 Å². The van der Waals surface area contributed by atoms with Crippen LogP contribution in [0.1, 0.15) is 0 Å². The van der Waals surface area contributed by atoms with Gasteiger partial charge in [0.05, 0.1) is 5.75 Å². The maximum absolute atomic E-state index is 11.7. The number of hydrogen-bond donors (Lipinski definition) is 2. The lowest BCUT2D eigenvalue weighted by Crippen LogP contribution is -2.39. The molecule has 0 aromatic carbocycles. The minimum absolute atomic E-state index is 0.105. The number of aliphatic hydroxyl groups is 1. The first-order valence-corrected chi connectivity index (χ1v) is 5.82. The SMILES string of the molecule is CS(=O)(=O)CCNCC(O)C(F)(F)F. The van der Waals surface area contributed by atoms with Crippen LogP contribution >= 0.6 is 0 Å². The summed E-state index contributed by atoms with van der Waals surface area (Å²) in [6, 6.07) is 0. The van der Waals surface area contributed by atoms with Gasteiger partial charge in [-0.15, -0.1) is 0 Å². The highest BCUT2D eigenvalue weighted by Gasteiger charge is 2.37. The molecule has 0 heterocycles. The first-order chi connectivity index (χ1) is 6.13. The van der Waals surface area contributed by atoms with E-state index < -0.39 is 28.7 Å². The van der Waals surface area contributed by atoms with Gasteiger partial charge in [0.2, 0.25) is 0 Å². The molecular formula is C6H12F3NO3S. The Bertz CT molecular complexity index is 262. The van der Waals surface area contributed by atoms with Gasteiger partial charge in [-0.25, -0.2) is 8.42 Å². The molecule has 0 aliphatic rings. The summed E-state index contributed by atoms with van der Waals surface area (Å²) in [6.45, 7) is -0.801. The molecule has 0 saturated heterocycles. The number of rotatable bonds is 5. The van der Waals surface area contributed by atoms with Gasteiger partial charge >= 0.3 is 6.18 Å². The summed E-state index contributed by atoms with van der Waals surface area (Å²) in [5.74, 6) is -0.252. The lowest BCUT2D eigenvalue weighted by molar-refractivity contribution is -0.201. The zero-order valence-electron chi connectivity index (χ0n) is 7.50. The second-order valence-electron chi connectivity index (χ2n) is 2.89. The van der Waals surface area contributed by atoms with Crippen molar-refractivity contribution in [3.8, 4) is 0 Å². The van der Waals surface area contributed by atoms with E-state index in [-0.39, 0.29) is 12.3 Å². The minimum atomic E-state index is -4.67. The summed E-state index contributed by atoms with van der Waals surface area (Å²) in [5, 5.41) is 10.7. The standard InChI is InChI=1S/C6H12F3NO3S/c1-14(12,13)3-2-10-4-5(11)6(7,8)9/h5,10-11H,2-4H2,1H3. The predicted molar refractivity (Wildman–Crippen MR) is 44.6 cm³/mol. The number of aliphatic hydroxyl groups excluding tert-OH is 1. The van der Waals surface area contributed by atoms with Crippen LogP contribution in [-0.4, -0.2) is 50.9 Å². The fourth-order valence-electron chi connectivity index (χ4n) is 0.612. The smallest absolute Gasteiger partial charge is 0.382 e. The van der Waals surface area contributed by atoms with E-state index in [0.717, 1.165) is 6.26 Å². The molecule has 0 spiro atoms. The molecule has 0 aromatic rings. The number of sulfone groups is 1. The molecule has 0 fully saturated rings. The van der Waals surface area contributed by atoms with E-state index in [2.05, 4.69) is 5.32 Å². The van der Waals surface area contributed by atoms with E-state index in [1.165, 1.54) is 0 Å². The van der Waals surface area contributed by atoms with Crippen LogP contribution in [-0.2, 0) is 9.84 Å². The number of alkyl halides is 3. The highest BCUT2D eigenvalue weighted by atomic mass is 32.2. The fraction of sp³-hybridized carbons (Fsp3) is 1.00. The maximum atomic E-state index is 11.7. The molecular weight excluding hydrogens is 223 g/mol. The molecule has 14 heavy (non-hydrogen) atoms. The molecule has 1 unspecified atom stereocenters. The van der Waals surface area contributed by atoms with E-state index in [1.807, 2.05) is 0 Å². The second kappa shape index (κ2) is 4.94. The molecule has 0 bridgehead atoms. The van der Waals surface area contributed by atoms with Crippen LogP contribution in [0.2, 0.25) is 0 Å². The molecule has 0 aliphatic heterocycles. The molecule has 0 saturated carbocycles. The second-order valence-corrected chi connectivity index (χ2v) is 5.15. The van der Waals surface area contributed by atoms with Crippen molar-refractivity contribution in [3.63, 3.8) is 0 Å². The molecule has 2 N–H and O–H groups in total. The average molecular weight is 235 g/mol. The Labute approximate surface area is 80.0 Å². The third-order valence-electron chi connectivity index (χ3n) is 1.37. The molecule has 0 aromatic heterocycles. The van der Waals surface area contributed by atoms with Crippen molar-refractivity contribution in [1.29, 1.82) is 0 Å². The van der Waals surface area contributed by atoms with Crippen molar-refractivity contribution in [2.24, 2.45) is 0 Å². The van der Waals surface area contributed by atoms with Crippen molar-refractivity contribution in [3.05, 3.63) is 0 Å². The van der Waals surface area contributed by atoms with E-state index in [4.69, 9.17) is 5.11 Å². The Balaban J connectivity index is 3.66. The third-order valence-corrected chi connectivity index (χ3v) is 2.31. The van der Waals surface area contributed by atoms with Crippen LogP contribution < -0.4 is 5.32 Å². The van der Waals surface area contributed by atoms with Crippen molar-refractivity contribution in [2.75, 3.05) is 25.1 Å². The molecule has 8 heteroatoms. The highest BCUT2D eigenvalue weighted by molar-refractivity contribution is 7.90. The van der Waals surface area contributed by atoms with Crippen LogP contribution in [0.3, 0.4) is 0 Å². The van der Waals surface area contributed by atoms with Crippen LogP contribution in [0.15, 0.2) is 0 Å². The Morgan fingerprint density at radius 3 is 2.29 bits per heavy atom. The summed E-state index contributed by atoms with van der Waals surface area (Å²) in [6.07, 6.45) is -6.14. The van der Waals surface area contributed by atoms with Crippen molar-refractivity contribution in [1.82, 2.24) is 5.32 Å². The van der Waals surface area contributed by atoms with Gasteiger partial charge in [0, 0.05) is 19.3 Å². The largest absolute Gasteiger partial charge is 0.415 e. The van der Waals surface area contributed by atoms with Gasteiger partial charge in [-0.1, -0.05) is 0 Å². The van der Waals surface area contributed by atoms with E-state index >= 15 is 0 Å². The first kappa shape index (κ1) is 13.7. The molecule has 1 atom stereocenters. The number of hydrogen-bond acceptors (Lipinski definition) is 4. The zero-order valence-corrected chi connectivity index (χ0v) is 8.32. The normalized spacial score (nSPS) is 15.5. The van der Waals surface area contributed by atoms with Gasteiger partial charge in [0.1, 0.15) is 9.84 Å². The fourth-order valence-corrected chi connectivity index (χ4v) is 1.13. The Morgan fingerprint density at radius 1 is 1.43 bits per heavy atom. The molecule has 0 rings (SSSR count). The molecule has 0 aliphatic carbocycles. The molecule has 4 nitrogen and oxygen atoms in total. The van der Waals surface area contributed by atoms with Crippen LogP contribution in [0, 0.1) is 0 Å². The van der Waals surface area contributed by atoms with E-state index in [9.17, 15) is 21.6 Å². The number of halogens is 3. The topological polar surface area (TPSA) is 66.4 Å². The van der Waals surface area contributed by atoms with Gasteiger partial charge in [-0.3, -0.25) is 0 Å².